The summed E-state index contributed by atoms with van der Waals surface area (Å²) in [7, 11) is 1.33. The molecule has 2 amide bonds. The number of methoxy groups -OCH3 is 1. The van der Waals surface area contributed by atoms with Gasteiger partial charge in [-0.2, -0.15) is 0 Å². The molecule has 1 rings (SSSR count). The fourth-order valence-corrected chi connectivity index (χ4v) is 2.94. The second-order valence-corrected chi connectivity index (χ2v) is 7.49. The van der Waals surface area contributed by atoms with Gasteiger partial charge in [0.2, 0.25) is 5.91 Å². The smallest absolute Gasteiger partial charge is 0.294 e. The Balaban J connectivity index is 0.00000596. The second-order valence-electron chi connectivity index (χ2n) is 7.49. The van der Waals surface area contributed by atoms with Crippen LogP contribution in [0.2, 0.25) is 0 Å². The predicted octanol–water partition coefficient (Wildman–Crippen LogP) is 2.10. The number of unbranched alkanes of at least 4 members (excludes halogenated alkanes) is 1. The molecule has 0 bridgehead atoms. The Morgan fingerprint density at radius 2 is 1.83 bits per heavy atom. The summed E-state index contributed by atoms with van der Waals surface area (Å²) in [4.78, 5) is 38.0. The van der Waals surface area contributed by atoms with Crippen LogP contribution < -0.4 is 21.1 Å². The van der Waals surface area contributed by atoms with Crippen LogP contribution in [0, 0.1) is 16.0 Å². The van der Waals surface area contributed by atoms with Gasteiger partial charge in [0.05, 0.1) is 39.2 Å². The number of rotatable bonds is 19. The Labute approximate surface area is 211 Å². The lowest BCUT2D eigenvalue weighted by Crippen LogP contribution is -2.23. The zero-order valence-electron chi connectivity index (χ0n) is 21.5. The Morgan fingerprint density at radius 1 is 1.14 bits per heavy atom. The molecule has 0 aromatic heterocycles. The molecule has 0 spiro atoms. The standard InChI is InChI=1S/C21H34N4O9.C2H6/c1-15(13-34-25(29)30)5-3-4-8-23-9-10-32-11-12-33-14-18(26)24-16-6-7-17(31-2)19(20(16)27)21(22)28;1-2/h6-7,15,23,27H,3-5,8-14H2,1-2H3,(H2,22,28)(H,24,26);1-2H3. The molecule has 1 atom stereocenters. The fourth-order valence-electron chi connectivity index (χ4n) is 2.94. The summed E-state index contributed by atoms with van der Waals surface area (Å²) in [6.07, 6.45) is 2.76. The van der Waals surface area contributed by atoms with Gasteiger partial charge in [0.1, 0.15) is 17.9 Å². The van der Waals surface area contributed by atoms with E-state index in [0.717, 1.165) is 25.8 Å². The molecule has 13 heteroatoms. The van der Waals surface area contributed by atoms with Gasteiger partial charge in [-0.05, 0) is 37.4 Å². The monoisotopic (exact) mass is 516 g/mol. The molecule has 1 unspecified atom stereocenters. The molecule has 5 N–H and O–H groups in total. The quantitative estimate of drug-likeness (QED) is 0.0918. The number of phenols is 1. The lowest BCUT2D eigenvalue weighted by Gasteiger charge is -2.13. The number of carbonyl (C=O) groups is 2. The van der Waals surface area contributed by atoms with E-state index in [1.807, 2.05) is 20.8 Å². The highest BCUT2D eigenvalue weighted by Crippen LogP contribution is 2.34. The van der Waals surface area contributed by atoms with Crippen molar-refractivity contribution >= 4 is 17.5 Å². The Morgan fingerprint density at radius 3 is 2.47 bits per heavy atom. The van der Waals surface area contributed by atoms with E-state index in [1.165, 1.54) is 19.2 Å². The number of amides is 2. The first-order valence-electron chi connectivity index (χ1n) is 11.9. The number of hydrogen-bond donors (Lipinski definition) is 4. The molecule has 0 heterocycles. The van der Waals surface area contributed by atoms with Crippen LogP contribution in [-0.2, 0) is 19.1 Å². The summed E-state index contributed by atoms with van der Waals surface area (Å²) in [6.45, 7) is 8.26. The molecule has 0 radical (unpaired) electrons. The third-order valence-corrected chi connectivity index (χ3v) is 4.67. The molecule has 0 saturated carbocycles. The number of nitrogens with two attached hydrogens (primary N) is 1. The number of nitrogens with zero attached hydrogens (tertiary/aromatic N) is 1. The molecule has 1 aromatic rings. The second kappa shape index (κ2) is 20.1. The van der Waals surface area contributed by atoms with Crippen LogP contribution in [0.5, 0.6) is 11.5 Å². The van der Waals surface area contributed by atoms with Crippen molar-refractivity contribution in [3.63, 3.8) is 0 Å². The summed E-state index contributed by atoms with van der Waals surface area (Å²) in [5.74, 6) is -1.64. The first-order valence-corrected chi connectivity index (χ1v) is 11.9. The van der Waals surface area contributed by atoms with E-state index in [-0.39, 0.29) is 42.7 Å². The molecular weight excluding hydrogens is 476 g/mol. The Kier molecular flexibility index (Phi) is 18.3. The van der Waals surface area contributed by atoms with Crippen LogP contribution >= 0.6 is 0 Å². The van der Waals surface area contributed by atoms with E-state index >= 15 is 0 Å². The maximum Gasteiger partial charge on any atom is 0.294 e. The normalized spacial score (nSPS) is 11.1. The van der Waals surface area contributed by atoms with E-state index in [4.69, 9.17) is 19.9 Å². The van der Waals surface area contributed by atoms with Crippen LogP contribution in [-0.4, -0.2) is 75.2 Å². The average molecular weight is 517 g/mol. The van der Waals surface area contributed by atoms with E-state index < -0.39 is 22.7 Å². The van der Waals surface area contributed by atoms with Gasteiger partial charge < -0.3 is 40.5 Å². The number of hydrogen-bond acceptors (Lipinski definition) is 10. The van der Waals surface area contributed by atoms with Crippen LogP contribution in [0.1, 0.15) is 50.4 Å². The summed E-state index contributed by atoms with van der Waals surface area (Å²) in [5, 5.41) is 25.2. The fraction of sp³-hybridized carbons (Fsp3) is 0.652. The van der Waals surface area contributed by atoms with Crippen molar-refractivity contribution in [3.05, 3.63) is 27.8 Å². The number of carbonyl (C=O) groups excluding carboxylic acids is 2. The third-order valence-electron chi connectivity index (χ3n) is 4.67. The van der Waals surface area contributed by atoms with Crippen molar-refractivity contribution in [1.82, 2.24) is 5.32 Å². The maximum absolute atomic E-state index is 12.0. The van der Waals surface area contributed by atoms with Crippen LogP contribution in [0.4, 0.5) is 5.69 Å². The van der Waals surface area contributed by atoms with Crippen molar-refractivity contribution in [2.45, 2.75) is 40.0 Å². The molecule has 206 valence electrons. The minimum Gasteiger partial charge on any atom is -0.505 e. The van der Waals surface area contributed by atoms with Crippen molar-refractivity contribution in [1.29, 1.82) is 0 Å². The number of aromatic hydroxyl groups is 1. The number of anilines is 1. The van der Waals surface area contributed by atoms with Gasteiger partial charge in [0.25, 0.3) is 11.0 Å². The zero-order valence-corrected chi connectivity index (χ0v) is 21.5. The highest BCUT2D eigenvalue weighted by Gasteiger charge is 2.19. The Bertz CT molecular complexity index is 793. The topological polar surface area (TPSA) is 185 Å². The van der Waals surface area contributed by atoms with E-state index in [0.29, 0.717) is 19.8 Å². The molecule has 36 heavy (non-hydrogen) atoms. The van der Waals surface area contributed by atoms with Gasteiger partial charge in [-0.1, -0.05) is 27.2 Å². The van der Waals surface area contributed by atoms with Crippen molar-refractivity contribution in [3.8, 4) is 11.5 Å². The maximum atomic E-state index is 12.0. The molecule has 0 aliphatic carbocycles. The molecule has 13 nitrogen and oxygen atoms in total. The number of ether oxygens (including phenoxy) is 3. The van der Waals surface area contributed by atoms with Gasteiger partial charge in [0, 0.05) is 6.54 Å². The Hall–Kier alpha value is -3.16. The van der Waals surface area contributed by atoms with E-state index in [9.17, 15) is 24.8 Å². The first-order chi connectivity index (χ1) is 17.3. The van der Waals surface area contributed by atoms with Crippen molar-refractivity contribution in [2.24, 2.45) is 11.7 Å². The average Bonchev–Trinajstić information content (AvgIpc) is 2.85. The van der Waals surface area contributed by atoms with Crippen LogP contribution in [0.15, 0.2) is 12.1 Å². The van der Waals surface area contributed by atoms with Gasteiger partial charge in [-0.15, -0.1) is 10.1 Å². The van der Waals surface area contributed by atoms with Crippen molar-refractivity contribution in [2.75, 3.05) is 58.6 Å². The largest absolute Gasteiger partial charge is 0.505 e. The van der Waals surface area contributed by atoms with Gasteiger partial charge in [-0.25, -0.2) is 0 Å². The third kappa shape index (κ3) is 14.3. The number of benzene rings is 1. The lowest BCUT2D eigenvalue weighted by atomic mass is 10.1. The summed E-state index contributed by atoms with van der Waals surface area (Å²) in [5.41, 5.74) is 5.04. The first kappa shape index (κ1) is 32.8. The number of primary amides is 1. The molecule has 1 aromatic carbocycles. The minimum atomic E-state index is -0.886. The highest BCUT2D eigenvalue weighted by atomic mass is 16.9. The SMILES string of the molecule is CC.COc1ccc(NC(=O)COCCOCCNCCCCC(C)CO[N+](=O)[O-])c(O)c1C(N)=O. The molecule has 0 saturated heterocycles. The molecule has 0 fully saturated rings. The number of nitrogens with one attached hydrogen (secondary N) is 2. The van der Waals surface area contributed by atoms with Crippen molar-refractivity contribution < 1.29 is 38.8 Å². The highest BCUT2D eigenvalue weighted by molar-refractivity contribution is 6.02. The van der Waals surface area contributed by atoms with Crippen LogP contribution in [0.25, 0.3) is 0 Å². The summed E-state index contributed by atoms with van der Waals surface area (Å²) in [6, 6.07) is 2.80. The predicted molar refractivity (Wildman–Crippen MR) is 134 cm³/mol. The van der Waals surface area contributed by atoms with E-state index in [1.54, 1.807) is 0 Å². The van der Waals surface area contributed by atoms with Gasteiger partial charge >= 0.3 is 0 Å². The summed E-state index contributed by atoms with van der Waals surface area (Å²) >= 11 is 0. The zero-order chi connectivity index (χ0) is 27.3. The van der Waals surface area contributed by atoms with Gasteiger partial charge in [-0.3, -0.25) is 9.59 Å². The molecule has 0 aliphatic heterocycles. The lowest BCUT2D eigenvalue weighted by molar-refractivity contribution is -0.759. The summed E-state index contributed by atoms with van der Waals surface area (Å²) < 4.78 is 15.6. The van der Waals surface area contributed by atoms with E-state index in [2.05, 4.69) is 15.5 Å². The molecular formula is C23H40N4O9. The van der Waals surface area contributed by atoms with Gasteiger partial charge in [0.15, 0.2) is 5.75 Å². The molecule has 0 aliphatic rings. The minimum absolute atomic E-state index is 0.0184. The van der Waals surface area contributed by atoms with Crippen LogP contribution in [0.3, 0.4) is 0 Å².